The van der Waals surface area contributed by atoms with Crippen LogP contribution in [-0.4, -0.2) is 45.5 Å². The SMILES string of the molecule is O=C(c1cc(F)cc(S(=O)(=O)Cl)c1)N1CCOCC1. The van der Waals surface area contributed by atoms with Crippen molar-refractivity contribution in [3.8, 4) is 0 Å². The highest BCUT2D eigenvalue weighted by Gasteiger charge is 2.21. The second kappa shape index (κ2) is 5.44. The Morgan fingerprint density at radius 3 is 2.47 bits per heavy atom. The maximum absolute atomic E-state index is 13.4. The fourth-order valence-electron chi connectivity index (χ4n) is 1.78. The van der Waals surface area contributed by atoms with Crippen molar-refractivity contribution in [1.82, 2.24) is 4.90 Å². The number of amides is 1. The van der Waals surface area contributed by atoms with E-state index >= 15 is 0 Å². The maximum atomic E-state index is 13.4. The van der Waals surface area contributed by atoms with Gasteiger partial charge in [0.1, 0.15) is 5.82 Å². The molecule has 0 saturated carbocycles. The minimum absolute atomic E-state index is 0.0406. The molecule has 1 heterocycles. The van der Waals surface area contributed by atoms with Crippen LogP contribution >= 0.6 is 10.7 Å². The first-order valence-electron chi connectivity index (χ1n) is 5.50. The molecule has 0 aromatic heterocycles. The summed E-state index contributed by atoms with van der Waals surface area (Å²) in [4.78, 5) is 13.1. The minimum Gasteiger partial charge on any atom is -0.378 e. The van der Waals surface area contributed by atoms with E-state index in [0.29, 0.717) is 26.3 Å². The number of hydrogen-bond acceptors (Lipinski definition) is 4. The third kappa shape index (κ3) is 3.43. The standard InChI is InChI=1S/C11H11ClFNO4S/c12-19(16,17)10-6-8(5-9(13)7-10)11(15)14-1-3-18-4-2-14/h5-7H,1-4H2. The van der Waals surface area contributed by atoms with E-state index in [1.54, 1.807) is 0 Å². The lowest BCUT2D eigenvalue weighted by Crippen LogP contribution is -2.40. The fourth-order valence-corrected chi connectivity index (χ4v) is 2.56. The summed E-state index contributed by atoms with van der Waals surface area (Å²) in [6.45, 7) is 1.58. The van der Waals surface area contributed by atoms with E-state index in [2.05, 4.69) is 0 Å². The van der Waals surface area contributed by atoms with Gasteiger partial charge >= 0.3 is 0 Å². The smallest absolute Gasteiger partial charge is 0.261 e. The zero-order valence-corrected chi connectivity index (χ0v) is 11.4. The summed E-state index contributed by atoms with van der Waals surface area (Å²) in [6.07, 6.45) is 0. The van der Waals surface area contributed by atoms with Gasteiger partial charge in [0.25, 0.3) is 15.0 Å². The molecule has 0 aliphatic carbocycles. The molecule has 5 nitrogen and oxygen atoms in total. The quantitative estimate of drug-likeness (QED) is 0.771. The number of ether oxygens (including phenoxy) is 1. The summed E-state index contributed by atoms with van der Waals surface area (Å²) in [5, 5.41) is 0. The zero-order valence-electron chi connectivity index (χ0n) is 9.80. The highest BCUT2D eigenvalue weighted by molar-refractivity contribution is 8.13. The second-order valence-electron chi connectivity index (χ2n) is 4.02. The molecular formula is C11H11ClFNO4S. The van der Waals surface area contributed by atoms with Crippen LogP contribution in [0.4, 0.5) is 4.39 Å². The van der Waals surface area contributed by atoms with E-state index in [9.17, 15) is 17.6 Å². The first-order chi connectivity index (χ1) is 8.88. The number of morpholine rings is 1. The van der Waals surface area contributed by atoms with E-state index in [4.69, 9.17) is 15.4 Å². The van der Waals surface area contributed by atoms with Gasteiger partial charge in [-0.3, -0.25) is 4.79 Å². The average molecular weight is 308 g/mol. The number of carbonyl (C=O) groups excluding carboxylic acids is 1. The Morgan fingerprint density at radius 1 is 1.26 bits per heavy atom. The molecule has 1 aromatic carbocycles. The van der Waals surface area contributed by atoms with Crippen LogP contribution in [0.15, 0.2) is 23.1 Å². The highest BCUT2D eigenvalue weighted by Crippen LogP contribution is 2.19. The van der Waals surface area contributed by atoms with E-state index in [1.165, 1.54) is 4.90 Å². The number of carbonyl (C=O) groups is 1. The number of halogens is 2. The van der Waals surface area contributed by atoms with E-state index < -0.39 is 25.7 Å². The monoisotopic (exact) mass is 307 g/mol. The largest absolute Gasteiger partial charge is 0.378 e. The van der Waals surface area contributed by atoms with Crippen molar-refractivity contribution >= 4 is 25.6 Å². The molecule has 104 valence electrons. The van der Waals surface area contributed by atoms with Crippen LogP contribution in [0.5, 0.6) is 0 Å². The van der Waals surface area contributed by atoms with Crippen molar-refractivity contribution in [2.75, 3.05) is 26.3 Å². The topological polar surface area (TPSA) is 63.7 Å². The molecule has 1 aliphatic heterocycles. The lowest BCUT2D eigenvalue weighted by atomic mass is 10.2. The Balaban J connectivity index is 2.34. The predicted octanol–water partition coefficient (Wildman–Crippen LogP) is 1.23. The normalized spacial score (nSPS) is 16.4. The summed E-state index contributed by atoms with van der Waals surface area (Å²) in [6, 6.07) is 2.84. The Bertz CT molecular complexity index is 599. The Hall–Kier alpha value is -1.18. The summed E-state index contributed by atoms with van der Waals surface area (Å²) < 4.78 is 40.8. The first-order valence-corrected chi connectivity index (χ1v) is 7.81. The van der Waals surface area contributed by atoms with Gasteiger partial charge in [-0.1, -0.05) is 0 Å². The van der Waals surface area contributed by atoms with Gasteiger partial charge < -0.3 is 9.64 Å². The molecular weight excluding hydrogens is 297 g/mol. The summed E-state index contributed by atoms with van der Waals surface area (Å²) >= 11 is 0. The average Bonchev–Trinajstić information content (AvgIpc) is 2.37. The molecule has 0 radical (unpaired) electrons. The van der Waals surface area contributed by atoms with Crippen LogP contribution in [0, 0.1) is 5.82 Å². The van der Waals surface area contributed by atoms with Gasteiger partial charge in [0.15, 0.2) is 0 Å². The third-order valence-corrected chi connectivity index (χ3v) is 4.03. The second-order valence-corrected chi connectivity index (χ2v) is 6.58. The van der Waals surface area contributed by atoms with Crippen molar-refractivity contribution in [2.45, 2.75) is 4.90 Å². The van der Waals surface area contributed by atoms with Crippen LogP contribution in [-0.2, 0) is 13.8 Å². The van der Waals surface area contributed by atoms with Gasteiger partial charge in [-0.05, 0) is 18.2 Å². The number of benzene rings is 1. The van der Waals surface area contributed by atoms with Gasteiger partial charge in [-0.25, -0.2) is 12.8 Å². The van der Waals surface area contributed by atoms with Crippen LogP contribution in [0.1, 0.15) is 10.4 Å². The van der Waals surface area contributed by atoms with Crippen molar-refractivity contribution in [1.29, 1.82) is 0 Å². The van der Waals surface area contributed by atoms with E-state index in [-0.39, 0.29) is 5.56 Å². The molecule has 0 spiro atoms. The minimum atomic E-state index is -4.08. The van der Waals surface area contributed by atoms with E-state index in [0.717, 1.165) is 18.2 Å². The van der Waals surface area contributed by atoms with Crippen LogP contribution in [0.25, 0.3) is 0 Å². The fraction of sp³-hybridized carbons (Fsp3) is 0.364. The Morgan fingerprint density at radius 2 is 1.89 bits per heavy atom. The number of rotatable bonds is 2. The maximum Gasteiger partial charge on any atom is 0.261 e. The van der Waals surface area contributed by atoms with E-state index in [1.807, 2.05) is 0 Å². The van der Waals surface area contributed by atoms with Crippen molar-refractivity contribution in [3.63, 3.8) is 0 Å². The summed E-state index contributed by atoms with van der Waals surface area (Å²) in [7, 11) is 1.08. The van der Waals surface area contributed by atoms with Gasteiger partial charge in [0.05, 0.1) is 18.1 Å². The Kier molecular flexibility index (Phi) is 4.07. The molecule has 0 N–H and O–H groups in total. The van der Waals surface area contributed by atoms with Crippen LogP contribution < -0.4 is 0 Å². The van der Waals surface area contributed by atoms with Gasteiger partial charge in [-0.15, -0.1) is 0 Å². The summed E-state index contributed by atoms with van der Waals surface area (Å²) in [5.41, 5.74) is -0.0406. The molecule has 8 heteroatoms. The molecule has 2 rings (SSSR count). The molecule has 1 fully saturated rings. The number of hydrogen-bond donors (Lipinski definition) is 0. The molecule has 1 amide bonds. The number of nitrogens with zero attached hydrogens (tertiary/aromatic N) is 1. The molecule has 1 aliphatic rings. The lowest BCUT2D eigenvalue weighted by molar-refractivity contribution is 0.0302. The zero-order chi connectivity index (χ0) is 14.0. The molecule has 0 atom stereocenters. The van der Waals surface area contributed by atoms with Crippen LogP contribution in [0.3, 0.4) is 0 Å². The Labute approximate surface area is 114 Å². The van der Waals surface area contributed by atoms with Crippen molar-refractivity contribution < 1.29 is 22.3 Å². The molecule has 1 aromatic rings. The van der Waals surface area contributed by atoms with Crippen molar-refractivity contribution in [2.24, 2.45) is 0 Å². The van der Waals surface area contributed by atoms with Gasteiger partial charge in [0, 0.05) is 29.3 Å². The van der Waals surface area contributed by atoms with Crippen molar-refractivity contribution in [3.05, 3.63) is 29.6 Å². The molecule has 1 saturated heterocycles. The third-order valence-electron chi connectivity index (χ3n) is 2.70. The van der Waals surface area contributed by atoms with Gasteiger partial charge in [-0.2, -0.15) is 0 Å². The lowest BCUT2D eigenvalue weighted by Gasteiger charge is -2.26. The molecule has 19 heavy (non-hydrogen) atoms. The predicted molar refractivity (Wildman–Crippen MR) is 66.2 cm³/mol. The molecule has 0 bridgehead atoms. The van der Waals surface area contributed by atoms with Crippen LogP contribution in [0.2, 0.25) is 0 Å². The van der Waals surface area contributed by atoms with Gasteiger partial charge in [0.2, 0.25) is 0 Å². The summed E-state index contributed by atoms with van der Waals surface area (Å²) in [5.74, 6) is -1.26. The molecule has 0 unspecified atom stereocenters. The highest BCUT2D eigenvalue weighted by atomic mass is 35.7. The first kappa shape index (κ1) is 14.2.